The second kappa shape index (κ2) is 4.40. The Hall–Kier alpha value is -1.12. The van der Waals surface area contributed by atoms with Crippen molar-refractivity contribution in [1.82, 2.24) is 4.65 Å². The number of benzene rings is 1. The summed E-state index contributed by atoms with van der Waals surface area (Å²) in [6.07, 6.45) is 3.80. The van der Waals surface area contributed by atoms with E-state index in [9.17, 15) is 5.21 Å². The number of aryl methyl sites for hydroxylation is 1. The maximum absolute atomic E-state index is 12.1. The predicted octanol–water partition coefficient (Wildman–Crippen LogP) is 3.01. The van der Waals surface area contributed by atoms with Crippen LogP contribution in [-0.4, -0.2) is 13.6 Å². The van der Waals surface area contributed by atoms with Gasteiger partial charge >= 0.3 is 0 Å². The summed E-state index contributed by atoms with van der Waals surface area (Å²) in [5.74, 6) is 0. The standard InChI is InChI=1S/C12H17NO/c1-4-5-10-13(3,14)12-8-6-11(2)7-9-12/h4-9H,10H2,1-3H3/b5-4+/t13-/m1/s1. The average Bonchev–Trinajstić information content (AvgIpc) is 2.16. The fourth-order valence-corrected chi connectivity index (χ4v) is 1.27. The van der Waals surface area contributed by atoms with Gasteiger partial charge in [-0.3, -0.25) is 0 Å². The molecule has 0 N–H and O–H groups in total. The first kappa shape index (κ1) is 11.0. The molecule has 2 nitrogen and oxygen atoms in total. The Kier molecular flexibility index (Phi) is 3.44. The molecule has 1 atom stereocenters. The highest BCUT2D eigenvalue weighted by Gasteiger charge is 2.11. The summed E-state index contributed by atoms with van der Waals surface area (Å²) in [7, 11) is 1.67. The van der Waals surface area contributed by atoms with Crippen molar-refractivity contribution in [2.45, 2.75) is 13.8 Å². The lowest BCUT2D eigenvalue weighted by molar-refractivity contribution is 0.493. The van der Waals surface area contributed by atoms with Crippen LogP contribution in [0.3, 0.4) is 0 Å². The van der Waals surface area contributed by atoms with E-state index in [0.717, 1.165) is 5.69 Å². The molecule has 0 fully saturated rings. The van der Waals surface area contributed by atoms with E-state index >= 15 is 0 Å². The van der Waals surface area contributed by atoms with Crippen molar-refractivity contribution in [3.05, 3.63) is 47.2 Å². The van der Waals surface area contributed by atoms with Crippen LogP contribution in [-0.2, 0) is 0 Å². The molecule has 76 valence electrons. The number of quaternary nitrogens is 1. The van der Waals surface area contributed by atoms with E-state index in [2.05, 4.69) is 0 Å². The van der Waals surface area contributed by atoms with Crippen molar-refractivity contribution >= 4 is 5.69 Å². The van der Waals surface area contributed by atoms with Crippen LogP contribution in [0.4, 0.5) is 5.69 Å². The molecule has 1 aromatic carbocycles. The minimum absolute atomic E-state index is 0.343. The first-order valence-corrected chi connectivity index (χ1v) is 4.81. The van der Waals surface area contributed by atoms with E-state index in [4.69, 9.17) is 0 Å². The van der Waals surface area contributed by atoms with Gasteiger partial charge in [0.1, 0.15) is 12.2 Å². The fraction of sp³-hybridized carbons (Fsp3) is 0.333. The molecule has 0 heterocycles. The molecule has 2 heteroatoms. The van der Waals surface area contributed by atoms with Crippen LogP contribution in [0.25, 0.3) is 0 Å². The number of hydrogen-bond donors (Lipinski definition) is 0. The van der Waals surface area contributed by atoms with Crippen LogP contribution < -0.4 is 4.65 Å². The quantitative estimate of drug-likeness (QED) is 0.409. The molecule has 0 aliphatic heterocycles. The normalized spacial score (nSPS) is 15.7. The van der Waals surface area contributed by atoms with Gasteiger partial charge in [0.25, 0.3) is 0 Å². The van der Waals surface area contributed by atoms with Gasteiger partial charge in [0, 0.05) is 0 Å². The molecular formula is C12H17NO. The van der Waals surface area contributed by atoms with Gasteiger partial charge in [-0.25, -0.2) is 0 Å². The molecule has 0 bridgehead atoms. The second-order valence-corrected chi connectivity index (χ2v) is 3.69. The molecule has 1 rings (SSSR count). The Labute approximate surface area is 85.6 Å². The van der Waals surface area contributed by atoms with Crippen LogP contribution in [0.15, 0.2) is 36.4 Å². The average molecular weight is 191 g/mol. The summed E-state index contributed by atoms with van der Waals surface area (Å²) in [5.41, 5.74) is 1.98. The van der Waals surface area contributed by atoms with Gasteiger partial charge < -0.3 is 9.85 Å². The summed E-state index contributed by atoms with van der Waals surface area (Å²) >= 11 is 0. The molecule has 0 unspecified atom stereocenters. The Balaban J connectivity index is 2.86. The van der Waals surface area contributed by atoms with Gasteiger partial charge in [-0.05, 0) is 32.1 Å². The van der Waals surface area contributed by atoms with Crippen LogP contribution >= 0.6 is 0 Å². The molecule has 0 saturated carbocycles. The molecule has 0 aliphatic rings. The van der Waals surface area contributed by atoms with Crippen molar-refractivity contribution < 1.29 is 0 Å². The van der Waals surface area contributed by atoms with Gasteiger partial charge in [0.15, 0.2) is 0 Å². The minimum Gasteiger partial charge on any atom is -0.627 e. The van der Waals surface area contributed by atoms with E-state index in [1.807, 2.05) is 50.3 Å². The van der Waals surface area contributed by atoms with Crippen LogP contribution in [0.2, 0.25) is 0 Å². The Bertz CT molecular complexity index is 312. The van der Waals surface area contributed by atoms with Crippen molar-refractivity contribution in [3.8, 4) is 0 Å². The minimum atomic E-state index is -0.343. The molecule has 0 spiro atoms. The van der Waals surface area contributed by atoms with Gasteiger partial charge in [0.05, 0.1) is 7.05 Å². The highest BCUT2D eigenvalue weighted by molar-refractivity contribution is 5.44. The Morgan fingerprint density at radius 3 is 2.36 bits per heavy atom. The lowest BCUT2D eigenvalue weighted by atomic mass is 10.2. The molecule has 0 amide bonds. The smallest absolute Gasteiger partial charge is 0.132 e. The number of rotatable bonds is 3. The third-order valence-electron chi connectivity index (χ3n) is 2.27. The molecule has 1 aromatic rings. The second-order valence-electron chi connectivity index (χ2n) is 3.69. The molecular weight excluding hydrogens is 174 g/mol. The zero-order valence-electron chi connectivity index (χ0n) is 9.03. The summed E-state index contributed by atoms with van der Waals surface area (Å²) < 4.78 is -0.343. The van der Waals surface area contributed by atoms with Crippen molar-refractivity contribution in [2.75, 3.05) is 13.6 Å². The van der Waals surface area contributed by atoms with E-state index in [1.165, 1.54) is 5.56 Å². The monoisotopic (exact) mass is 191 g/mol. The number of hydroxylamine groups is 2. The third kappa shape index (κ3) is 2.69. The Morgan fingerprint density at radius 1 is 1.29 bits per heavy atom. The lowest BCUT2D eigenvalue weighted by Gasteiger charge is -2.37. The lowest BCUT2D eigenvalue weighted by Crippen LogP contribution is -2.38. The summed E-state index contributed by atoms with van der Waals surface area (Å²) in [5, 5.41) is 12.1. The van der Waals surface area contributed by atoms with Crippen molar-refractivity contribution in [2.24, 2.45) is 0 Å². The van der Waals surface area contributed by atoms with E-state index in [1.54, 1.807) is 7.05 Å². The fourth-order valence-electron chi connectivity index (χ4n) is 1.27. The number of hydrogen-bond acceptors (Lipinski definition) is 1. The molecule has 14 heavy (non-hydrogen) atoms. The zero-order chi connectivity index (χ0) is 10.6. The molecule has 0 radical (unpaired) electrons. The maximum atomic E-state index is 12.1. The Morgan fingerprint density at radius 2 is 1.86 bits per heavy atom. The van der Waals surface area contributed by atoms with Crippen LogP contribution in [0.1, 0.15) is 12.5 Å². The molecule has 0 aromatic heterocycles. The van der Waals surface area contributed by atoms with E-state index < -0.39 is 0 Å². The SMILES string of the molecule is C/C=C/C[N@@+](C)([O-])c1ccc(C)cc1. The molecule has 0 saturated heterocycles. The largest absolute Gasteiger partial charge is 0.627 e. The van der Waals surface area contributed by atoms with Gasteiger partial charge in [-0.1, -0.05) is 23.8 Å². The first-order chi connectivity index (χ1) is 6.56. The number of nitrogens with zero attached hydrogens (tertiary/aromatic N) is 1. The van der Waals surface area contributed by atoms with Crippen molar-refractivity contribution in [1.29, 1.82) is 0 Å². The van der Waals surface area contributed by atoms with E-state index in [-0.39, 0.29) is 4.65 Å². The van der Waals surface area contributed by atoms with Gasteiger partial charge in [-0.15, -0.1) is 0 Å². The highest BCUT2D eigenvalue weighted by atomic mass is 16.5. The first-order valence-electron chi connectivity index (χ1n) is 4.81. The predicted molar refractivity (Wildman–Crippen MR) is 61.9 cm³/mol. The third-order valence-corrected chi connectivity index (χ3v) is 2.27. The molecule has 0 aliphatic carbocycles. The van der Waals surface area contributed by atoms with Gasteiger partial charge in [0.2, 0.25) is 0 Å². The van der Waals surface area contributed by atoms with Gasteiger partial charge in [-0.2, -0.15) is 0 Å². The highest BCUT2D eigenvalue weighted by Crippen LogP contribution is 2.19. The zero-order valence-corrected chi connectivity index (χ0v) is 9.03. The summed E-state index contributed by atoms with van der Waals surface area (Å²) in [6, 6.07) is 7.73. The number of allylic oxidation sites excluding steroid dienone is 1. The number of likely N-dealkylation sites (N-methyl/N-ethyl adjacent to an activating group) is 1. The summed E-state index contributed by atoms with van der Waals surface area (Å²) in [4.78, 5) is 0. The van der Waals surface area contributed by atoms with Crippen molar-refractivity contribution in [3.63, 3.8) is 0 Å². The van der Waals surface area contributed by atoms with Crippen LogP contribution in [0.5, 0.6) is 0 Å². The maximum Gasteiger partial charge on any atom is 0.132 e. The van der Waals surface area contributed by atoms with Crippen LogP contribution in [0, 0.1) is 12.1 Å². The topological polar surface area (TPSA) is 23.1 Å². The van der Waals surface area contributed by atoms with E-state index in [0.29, 0.717) is 6.54 Å². The summed E-state index contributed by atoms with van der Waals surface area (Å²) in [6.45, 7) is 4.43.